The Morgan fingerprint density at radius 3 is 2.63 bits per heavy atom. The van der Waals surface area contributed by atoms with Crippen molar-refractivity contribution < 1.29 is 9.47 Å². The van der Waals surface area contributed by atoms with E-state index in [2.05, 4.69) is 33.4 Å². The molecule has 7 nitrogen and oxygen atoms in total. The summed E-state index contributed by atoms with van der Waals surface area (Å²) >= 11 is 0. The Morgan fingerprint density at radius 2 is 1.80 bits per heavy atom. The van der Waals surface area contributed by atoms with Gasteiger partial charge in [0, 0.05) is 31.2 Å². The van der Waals surface area contributed by atoms with E-state index in [0.29, 0.717) is 0 Å². The molecule has 0 saturated carbocycles. The first-order chi connectivity index (χ1) is 17.3. The summed E-state index contributed by atoms with van der Waals surface area (Å²) in [6.07, 6.45) is 6.57. The lowest BCUT2D eigenvalue weighted by Gasteiger charge is -2.31. The van der Waals surface area contributed by atoms with Gasteiger partial charge in [-0.25, -0.2) is 9.97 Å². The molecule has 1 aliphatic rings. The number of methoxy groups -OCH3 is 1. The van der Waals surface area contributed by atoms with E-state index in [1.807, 2.05) is 42.5 Å². The number of benzene rings is 2. The summed E-state index contributed by atoms with van der Waals surface area (Å²) in [5, 5.41) is 4.59. The zero-order valence-corrected chi connectivity index (χ0v) is 20.1. The van der Waals surface area contributed by atoms with E-state index in [4.69, 9.17) is 19.4 Å². The average Bonchev–Trinajstić information content (AvgIpc) is 2.91. The molecule has 0 bridgehead atoms. The van der Waals surface area contributed by atoms with Crippen molar-refractivity contribution in [2.75, 3.05) is 32.1 Å². The molecule has 0 amide bonds. The Kier molecular flexibility index (Phi) is 7.34. The third-order valence-electron chi connectivity index (χ3n) is 6.37. The van der Waals surface area contributed by atoms with Crippen molar-refractivity contribution in [3.63, 3.8) is 0 Å². The van der Waals surface area contributed by atoms with Gasteiger partial charge in [0.25, 0.3) is 0 Å². The zero-order chi connectivity index (χ0) is 23.9. The first kappa shape index (κ1) is 23.1. The molecular formula is C28H31N5O2. The number of rotatable bonds is 9. The molecule has 35 heavy (non-hydrogen) atoms. The van der Waals surface area contributed by atoms with Gasteiger partial charge in [0.15, 0.2) is 0 Å². The minimum absolute atomic E-state index is 0.222. The minimum atomic E-state index is 0.222. The Balaban J connectivity index is 1.23. The number of fused-ring (bicyclic) bond motifs is 1. The second-order valence-electron chi connectivity index (χ2n) is 8.78. The highest BCUT2D eigenvalue weighted by atomic mass is 16.5. The Bertz CT molecular complexity index is 1240. The molecule has 1 fully saturated rings. The molecule has 3 heterocycles. The van der Waals surface area contributed by atoms with Crippen LogP contribution in [0.25, 0.3) is 10.9 Å². The van der Waals surface area contributed by atoms with Gasteiger partial charge in [0.1, 0.15) is 29.2 Å². The summed E-state index contributed by atoms with van der Waals surface area (Å²) < 4.78 is 11.6. The molecule has 2 aromatic carbocycles. The first-order valence-corrected chi connectivity index (χ1v) is 12.2. The van der Waals surface area contributed by atoms with Crippen LogP contribution in [-0.2, 0) is 13.0 Å². The van der Waals surface area contributed by atoms with Gasteiger partial charge in [-0.1, -0.05) is 30.3 Å². The van der Waals surface area contributed by atoms with Crippen LogP contribution in [0.4, 0.5) is 5.82 Å². The average molecular weight is 470 g/mol. The minimum Gasteiger partial charge on any atom is -0.496 e. The van der Waals surface area contributed by atoms with Crippen LogP contribution in [0.3, 0.4) is 0 Å². The summed E-state index contributed by atoms with van der Waals surface area (Å²) in [5.41, 5.74) is 2.14. The third kappa shape index (κ3) is 5.87. The number of ether oxygens (including phenoxy) is 2. The van der Waals surface area contributed by atoms with Crippen molar-refractivity contribution in [2.24, 2.45) is 0 Å². The van der Waals surface area contributed by atoms with Gasteiger partial charge >= 0.3 is 0 Å². The lowest BCUT2D eigenvalue weighted by Crippen LogP contribution is -2.38. The molecule has 0 spiro atoms. The van der Waals surface area contributed by atoms with Crippen LogP contribution in [0, 0.1) is 0 Å². The normalized spacial score (nSPS) is 14.7. The highest BCUT2D eigenvalue weighted by Gasteiger charge is 2.22. The van der Waals surface area contributed by atoms with E-state index in [1.54, 1.807) is 19.5 Å². The van der Waals surface area contributed by atoms with Crippen LogP contribution in [-0.4, -0.2) is 52.7 Å². The molecular weight excluding hydrogens is 438 g/mol. The van der Waals surface area contributed by atoms with E-state index in [0.717, 1.165) is 79.5 Å². The number of pyridine rings is 1. The smallest absolute Gasteiger partial charge is 0.145 e. The molecule has 7 heteroatoms. The highest BCUT2D eigenvalue weighted by molar-refractivity contribution is 5.88. The van der Waals surface area contributed by atoms with Crippen molar-refractivity contribution in [3.8, 4) is 11.5 Å². The summed E-state index contributed by atoms with van der Waals surface area (Å²) in [7, 11) is 1.71. The lowest BCUT2D eigenvalue weighted by molar-refractivity contribution is 0.0951. The van der Waals surface area contributed by atoms with E-state index >= 15 is 0 Å². The van der Waals surface area contributed by atoms with Crippen molar-refractivity contribution in [2.45, 2.75) is 31.9 Å². The van der Waals surface area contributed by atoms with E-state index in [-0.39, 0.29) is 6.10 Å². The molecule has 5 rings (SSSR count). The van der Waals surface area contributed by atoms with Crippen LogP contribution in [0.15, 0.2) is 73.1 Å². The monoisotopic (exact) mass is 469 g/mol. The molecule has 0 aliphatic carbocycles. The Hall–Kier alpha value is -3.71. The quantitative estimate of drug-likeness (QED) is 0.380. The van der Waals surface area contributed by atoms with Gasteiger partial charge in [0.05, 0.1) is 25.4 Å². The standard InChI is InChI=1S/C28H31N5O2/c1-34-26-11-5-2-7-21(26)12-16-30-28-24-9-3-4-10-25(24)31-27(32-28)20-33-17-13-22(14-18-33)35-23-8-6-15-29-19-23/h2-11,15,19,22H,12-14,16-18,20H2,1H3,(H,30,31,32). The molecule has 1 aliphatic heterocycles. The maximum Gasteiger partial charge on any atom is 0.145 e. The molecule has 180 valence electrons. The first-order valence-electron chi connectivity index (χ1n) is 12.2. The van der Waals surface area contributed by atoms with Crippen molar-refractivity contribution >= 4 is 16.7 Å². The van der Waals surface area contributed by atoms with Crippen molar-refractivity contribution in [1.29, 1.82) is 0 Å². The summed E-state index contributed by atoms with van der Waals surface area (Å²) in [6, 6.07) is 20.2. The zero-order valence-electron chi connectivity index (χ0n) is 20.1. The van der Waals surface area contributed by atoms with Crippen LogP contribution < -0.4 is 14.8 Å². The van der Waals surface area contributed by atoms with Crippen LogP contribution >= 0.6 is 0 Å². The van der Waals surface area contributed by atoms with Gasteiger partial charge in [-0.15, -0.1) is 0 Å². The highest BCUT2D eigenvalue weighted by Crippen LogP contribution is 2.23. The molecule has 0 atom stereocenters. The number of hydrogen-bond donors (Lipinski definition) is 1. The molecule has 2 aromatic heterocycles. The Morgan fingerprint density at radius 1 is 0.971 bits per heavy atom. The second kappa shape index (κ2) is 11.1. The van der Waals surface area contributed by atoms with E-state index in [1.165, 1.54) is 5.56 Å². The van der Waals surface area contributed by atoms with E-state index < -0.39 is 0 Å². The molecule has 1 N–H and O–H groups in total. The van der Waals surface area contributed by atoms with Crippen LogP contribution in [0.2, 0.25) is 0 Å². The number of anilines is 1. The SMILES string of the molecule is COc1ccccc1CCNc1nc(CN2CCC(Oc3cccnc3)CC2)nc2ccccc12. The molecule has 0 radical (unpaired) electrons. The Labute approximate surface area is 206 Å². The van der Waals surface area contributed by atoms with Crippen molar-refractivity contribution in [1.82, 2.24) is 19.9 Å². The maximum atomic E-state index is 6.09. The predicted octanol–water partition coefficient (Wildman–Crippen LogP) is 4.73. The molecule has 0 unspecified atom stereocenters. The predicted molar refractivity (Wildman–Crippen MR) is 138 cm³/mol. The number of nitrogens with zero attached hydrogens (tertiary/aromatic N) is 4. The topological polar surface area (TPSA) is 72.4 Å². The number of hydrogen-bond acceptors (Lipinski definition) is 7. The van der Waals surface area contributed by atoms with Crippen LogP contribution in [0.5, 0.6) is 11.5 Å². The third-order valence-corrected chi connectivity index (χ3v) is 6.37. The van der Waals surface area contributed by atoms with Gasteiger partial charge in [-0.05, 0) is 55.2 Å². The van der Waals surface area contributed by atoms with Gasteiger partial charge in [0.2, 0.25) is 0 Å². The fraction of sp³-hybridized carbons (Fsp3) is 0.321. The number of aromatic nitrogens is 3. The van der Waals surface area contributed by atoms with Crippen LogP contribution in [0.1, 0.15) is 24.2 Å². The fourth-order valence-corrected chi connectivity index (χ4v) is 4.55. The number of para-hydroxylation sites is 2. The number of piperidine rings is 1. The fourth-order valence-electron chi connectivity index (χ4n) is 4.55. The molecule has 1 saturated heterocycles. The van der Waals surface area contributed by atoms with Gasteiger partial charge in [-0.3, -0.25) is 9.88 Å². The number of likely N-dealkylation sites (tertiary alicyclic amines) is 1. The van der Waals surface area contributed by atoms with Crippen molar-refractivity contribution in [3.05, 3.63) is 84.4 Å². The number of nitrogens with one attached hydrogen (secondary N) is 1. The summed E-state index contributed by atoms with van der Waals surface area (Å²) in [4.78, 5) is 16.3. The lowest BCUT2D eigenvalue weighted by atomic mass is 10.1. The molecule has 4 aromatic rings. The van der Waals surface area contributed by atoms with E-state index in [9.17, 15) is 0 Å². The van der Waals surface area contributed by atoms with Gasteiger partial charge in [-0.2, -0.15) is 0 Å². The second-order valence-corrected chi connectivity index (χ2v) is 8.78. The summed E-state index contributed by atoms with van der Waals surface area (Å²) in [6.45, 7) is 3.40. The maximum absolute atomic E-state index is 6.09. The largest absolute Gasteiger partial charge is 0.496 e. The summed E-state index contributed by atoms with van der Waals surface area (Å²) in [5.74, 6) is 3.48. The van der Waals surface area contributed by atoms with Gasteiger partial charge < -0.3 is 14.8 Å².